The van der Waals surface area contributed by atoms with Crippen LogP contribution in [0.5, 0.6) is 0 Å². The van der Waals surface area contributed by atoms with E-state index in [2.05, 4.69) is 12.1 Å². The van der Waals surface area contributed by atoms with Crippen molar-refractivity contribution >= 4 is 20.2 Å². The van der Waals surface area contributed by atoms with Crippen molar-refractivity contribution in [1.82, 2.24) is 0 Å². The predicted molar refractivity (Wildman–Crippen MR) is 132 cm³/mol. The molecule has 2 bridgehead atoms. The van der Waals surface area contributed by atoms with Crippen LogP contribution < -0.4 is 0 Å². The standard InChI is InChI=1S/C27H28O6S2/c1-18-7-11-20(12-8-18)34(28,29)32-16-26-24-15-25(23-6-4-3-5-22(23)24)27(26)17-33-35(30,31)21-13-9-19(2)10-14-21/h3-14,24-27H,15-17H2,1-2H3. The van der Waals surface area contributed by atoms with Crippen molar-refractivity contribution in [3.63, 3.8) is 0 Å². The van der Waals surface area contributed by atoms with Crippen molar-refractivity contribution in [1.29, 1.82) is 0 Å². The van der Waals surface area contributed by atoms with Gasteiger partial charge in [0, 0.05) is 0 Å². The molecule has 0 N–H and O–H groups in total. The normalized spacial score (nSPS) is 23.4. The Morgan fingerprint density at radius 1 is 0.629 bits per heavy atom. The highest BCUT2D eigenvalue weighted by Gasteiger charge is 2.51. The van der Waals surface area contributed by atoms with Crippen molar-refractivity contribution < 1.29 is 25.2 Å². The van der Waals surface area contributed by atoms with Gasteiger partial charge in [0.05, 0.1) is 23.0 Å². The fraction of sp³-hybridized carbons (Fsp3) is 0.333. The largest absolute Gasteiger partial charge is 0.296 e. The van der Waals surface area contributed by atoms with E-state index < -0.39 is 20.2 Å². The Labute approximate surface area is 207 Å². The van der Waals surface area contributed by atoms with Crippen LogP contribution in [0.3, 0.4) is 0 Å². The summed E-state index contributed by atoms with van der Waals surface area (Å²) >= 11 is 0. The molecule has 1 saturated carbocycles. The molecule has 1 fully saturated rings. The van der Waals surface area contributed by atoms with Crippen molar-refractivity contribution in [3.8, 4) is 0 Å². The second kappa shape index (κ2) is 9.17. The fourth-order valence-electron chi connectivity index (χ4n) is 5.48. The van der Waals surface area contributed by atoms with Crippen molar-refractivity contribution in [2.45, 2.75) is 41.9 Å². The third-order valence-electron chi connectivity index (χ3n) is 7.34. The second-order valence-corrected chi connectivity index (χ2v) is 12.7. The molecule has 6 nitrogen and oxygen atoms in total. The lowest BCUT2D eigenvalue weighted by atomic mass is 9.76. The van der Waals surface area contributed by atoms with E-state index in [1.54, 1.807) is 24.3 Å². The van der Waals surface area contributed by atoms with Crippen LogP contribution in [-0.2, 0) is 28.6 Å². The van der Waals surface area contributed by atoms with Crippen LogP contribution in [0.15, 0.2) is 82.6 Å². The lowest BCUT2D eigenvalue weighted by molar-refractivity contribution is 0.146. The molecule has 2 aliphatic rings. The van der Waals surface area contributed by atoms with Crippen LogP contribution >= 0.6 is 0 Å². The Hall–Kier alpha value is -2.52. The molecule has 0 aliphatic heterocycles. The number of aryl methyl sites for hydroxylation is 2. The summed E-state index contributed by atoms with van der Waals surface area (Å²) in [5.41, 5.74) is 4.30. The molecule has 2 aliphatic carbocycles. The first-order valence-corrected chi connectivity index (χ1v) is 14.5. The van der Waals surface area contributed by atoms with E-state index in [0.717, 1.165) is 17.5 Å². The van der Waals surface area contributed by atoms with Crippen LogP contribution in [0.25, 0.3) is 0 Å². The van der Waals surface area contributed by atoms with E-state index in [-0.39, 0.29) is 46.7 Å². The lowest BCUT2D eigenvalue weighted by Gasteiger charge is -2.32. The SMILES string of the molecule is Cc1ccc(S(=O)(=O)OCC2C3CC(c4ccccc43)C2COS(=O)(=O)c2ccc(C)cc2)cc1. The van der Waals surface area contributed by atoms with E-state index >= 15 is 0 Å². The predicted octanol–water partition coefficient (Wildman–Crippen LogP) is 4.93. The van der Waals surface area contributed by atoms with Gasteiger partial charge in [0.2, 0.25) is 0 Å². The van der Waals surface area contributed by atoms with Crippen LogP contribution in [0.1, 0.15) is 40.5 Å². The van der Waals surface area contributed by atoms with E-state index in [1.165, 1.54) is 35.4 Å². The molecule has 184 valence electrons. The molecule has 8 heteroatoms. The third-order valence-corrected chi connectivity index (χ3v) is 9.93. The van der Waals surface area contributed by atoms with Gasteiger partial charge in [0.15, 0.2) is 0 Å². The average Bonchev–Trinajstić information content (AvgIpc) is 3.39. The minimum Gasteiger partial charge on any atom is -0.266 e. The maximum Gasteiger partial charge on any atom is 0.296 e. The molecule has 0 aromatic heterocycles. The van der Waals surface area contributed by atoms with Gasteiger partial charge in [-0.1, -0.05) is 59.7 Å². The molecular weight excluding hydrogens is 484 g/mol. The lowest BCUT2D eigenvalue weighted by Crippen LogP contribution is -2.31. The monoisotopic (exact) mass is 512 g/mol. The van der Waals surface area contributed by atoms with Crippen molar-refractivity contribution in [3.05, 3.63) is 95.1 Å². The number of benzene rings is 3. The van der Waals surface area contributed by atoms with Crippen LogP contribution in [0, 0.1) is 25.7 Å². The average molecular weight is 513 g/mol. The quantitative estimate of drug-likeness (QED) is 0.398. The molecule has 4 atom stereocenters. The van der Waals surface area contributed by atoms with E-state index in [9.17, 15) is 16.8 Å². The smallest absolute Gasteiger partial charge is 0.266 e. The first-order chi connectivity index (χ1) is 16.7. The summed E-state index contributed by atoms with van der Waals surface area (Å²) in [6.45, 7) is 3.73. The van der Waals surface area contributed by atoms with Crippen LogP contribution in [-0.4, -0.2) is 30.0 Å². The minimum atomic E-state index is -3.93. The Morgan fingerprint density at radius 3 is 1.37 bits per heavy atom. The molecule has 0 amide bonds. The molecule has 0 saturated heterocycles. The number of fused-ring (bicyclic) bond motifs is 5. The van der Waals surface area contributed by atoms with Gasteiger partial charge < -0.3 is 0 Å². The van der Waals surface area contributed by atoms with Gasteiger partial charge in [-0.3, -0.25) is 8.37 Å². The van der Waals surface area contributed by atoms with Crippen molar-refractivity contribution in [2.24, 2.45) is 11.8 Å². The summed E-state index contributed by atoms with van der Waals surface area (Å²) in [5.74, 6) is -0.160. The maximum absolute atomic E-state index is 12.8. The first-order valence-electron chi connectivity index (χ1n) is 11.7. The summed E-state index contributed by atoms with van der Waals surface area (Å²) in [6, 6.07) is 21.2. The third kappa shape index (κ3) is 4.68. The topological polar surface area (TPSA) is 86.7 Å². The zero-order valence-corrected chi connectivity index (χ0v) is 21.3. The van der Waals surface area contributed by atoms with Gasteiger partial charge >= 0.3 is 0 Å². The Kier molecular flexibility index (Phi) is 6.34. The van der Waals surface area contributed by atoms with Crippen LogP contribution in [0.4, 0.5) is 0 Å². The molecule has 4 unspecified atom stereocenters. The molecular formula is C27H28O6S2. The molecule has 3 aromatic rings. The summed E-state index contributed by atoms with van der Waals surface area (Å²) in [7, 11) is -7.86. The zero-order chi connectivity index (χ0) is 24.8. The molecule has 3 aromatic carbocycles. The second-order valence-electron chi connectivity index (χ2n) is 9.51. The highest BCUT2D eigenvalue weighted by molar-refractivity contribution is 7.87. The molecule has 0 spiro atoms. The zero-order valence-electron chi connectivity index (χ0n) is 19.6. The first kappa shape index (κ1) is 24.2. The van der Waals surface area contributed by atoms with E-state index in [1.807, 2.05) is 26.0 Å². The summed E-state index contributed by atoms with van der Waals surface area (Å²) in [6.07, 6.45) is 0.830. The Balaban J connectivity index is 1.37. The molecule has 5 rings (SSSR count). The maximum atomic E-state index is 12.8. The highest BCUT2D eigenvalue weighted by atomic mass is 32.2. The molecule has 0 heterocycles. The highest BCUT2D eigenvalue weighted by Crippen LogP contribution is 2.59. The van der Waals surface area contributed by atoms with Gasteiger partial charge in [-0.05, 0) is 79.3 Å². The number of hydrogen-bond acceptors (Lipinski definition) is 6. The minimum absolute atomic E-state index is 0.0235. The summed E-state index contributed by atoms with van der Waals surface area (Å²) < 4.78 is 62.4. The fourth-order valence-corrected chi connectivity index (χ4v) is 7.37. The van der Waals surface area contributed by atoms with Gasteiger partial charge in [-0.15, -0.1) is 0 Å². The summed E-state index contributed by atoms with van der Waals surface area (Å²) in [5, 5.41) is 0. The number of rotatable bonds is 8. The van der Waals surface area contributed by atoms with Gasteiger partial charge in [-0.25, -0.2) is 0 Å². The van der Waals surface area contributed by atoms with Crippen LogP contribution in [0.2, 0.25) is 0 Å². The number of hydrogen-bond donors (Lipinski definition) is 0. The molecule has 0 radical (unpaired) electrons. The van der Waals surface area contributed by atoms with E-state index in [0.29, 0.717) is 0 Å². The van der Waals surface area contributed by atoms with E-state index in [4.69, 9.17) is 8.37 Å². The van der Waals surface area contributed by atoms with Gasteiger partial charge in [0.1, 0.15) is 0 Å². The van der Waals surface area contributed by atoms with Gasteiger partial charge in [-0.2, -0.15) is 16.8 Å². The van der Waals surface area contributed by atoms with Gasteiger partial charge in [0.25, 0.3) is 20.2 Å². The Bertz CT molecular complexity index is 1320. The molecule has 35 heavy (non-hydrogen) atoms. The summed E-state index contributed by atoms with van der Waals surface area (Å²) in [4.78, 5) is 0.225. The van der Waals surface area contributed by atoms with Crippen molar-refractivity contribution in [2.75, 3.05) is 13.2 Å². The Morgan fingerprint density at radius 2 is 1.00 bits per heavy atom.